The van der Waals surface area contributed by atoms with Crippen LogP contribution in [0.25, 0.3) is 0 Å². The topological polar surface area (TPSA) is 84.5 Å². The summed E-state index contributed by atoms with van der Waals surface area (Å²) in [4.78, 5) is 34.6. The van der Waals surface area contributed by atoms with E-state index in [1.54, 1.807) is 20.3 Å². The normalized spacial score (nSPS) is 16.3. The van der Waals surface area contributed by atoms with Crippen molar-refractivity contribution in [3.8, 4) is 11.5 Å². The van der Waals surface area contributed by atoms with Crippen LogP contribution in [-0.2, 0) is 17.6 Å². The Morgan fingerprint density at radius 3 is 2.68 bits per heavy atom. The first-order chi connectivity index (χ1) is 13.5. The third-order valence-electron chi connectivity index (χ3n) is 5.29. The van der Waals surface area contributed by atoms with Crippen molar-refractivity contribution in [2.75, 3.05) is 20.8 Å². The molecule has 1 atom stereocenters. The van der Waals surface area contributed by atoms with Crippen LogP contribution in [0.4, 0.5) is 0 Å². The number of carbonyl (C=O) groups is 1. The molecule has 1 aromatic carbocycles. The van der Waals surface area contributed by atoms with E-state index in [1.807, 2.05) is 30.9 Å². The summed E-state index contributed by atoms with van der Waals surface area (Å²) in [7, 11) is 3.15. The standard InChI is InChI=1S/C21H27N3O4/c1-5-15-13(2)22-20(23-21(15)26)16-7-6-10-24(16)19(25)12-14-8-9-17(27-3)18(11-14)28-4/h8-9,11,16H,5-7,10,12H2,1-4H3,(H,22,23,26)/t16-/m1/s1. The number of nitrogens with zero attached hydrogens (tertiary/aromatic N) is 2. The Morgan fingerprint density at radius 2 is 2.04 bits per heavy atom. The number of amides is 1. The van der Waals surface area contributed by atoms with E-state index in [0.717, 1.165) is 24.1 Å². The Bertz CT molecular complexity index is 922. The van der Waals surface area contributed by atoms with Gasteiger partial charge in [0.25, 0.3) is 5.56 Å². The van der Waals surface area contributed by atoms with Gasteiger partial charge in [-0.1, -0.05) is 13.0 Å². The molecule has 1 aliphatic rings. The number of aryl methyl sites for hydroxylation is 1. The zero-order valence-electron chi connectivity index (χ0n) is 16.9. The van der Waals surface area contributed by atoms with E-state index >= 15 is 0 Å². The van der Waals surface area contributed by atoms with Crippen molar-refractivity contribution in [3.05, 3.63) is 51.2 Å². The average Bonchev–Trinajstić information content (AvgIpc) is 3.17. The fourth-order valence-electron chi connectivity index (χ4n) is 3.82. The largest absolute Gasteiger partial charge is 0.493 e. The fraction of sp³-hybridized carbons (Fsp3) is 0.476. The highest BCUT2D eigenvalue weighted by Crippen LogP contribution is 2.32. The molecule has 7 heteroatoms. The summed E-state index contributed by atoms with van der Waals surface area (Å²) in [6.07, 6.45) is 2.58. The number of hydrogen-bond donors (Lipinski definition) is 1. The van der Waals surface area contributed by atoms with Crippen LogP contribution in [0.1, 0.15) is 48.5 Å². The van der Waals surface area contributed by atoms with Crippen molar-refractivity contribution >= 4 is 5.91 Å². The van der Waals surface area contributed by atoms with E-state index in [4.69, 9.17) is 9.47 Å². The van der Waals surface area contributed by atoms with E-state index in [0.29, 0.717) is 35.9 Å². The summed E-state index contributed by atoms with van der Waals surface area (Å²) in [5.74, 6) is 1.82. The highest BCUT2D eigenvalue weighted by molar-refractivity contribution is 5.79. The van der Waals surface area contributed by atoms with Crippen molar-refractivity contribution in [1.29, 1.82) is 0 Å². The lowest BCUT2D eigenvalue weighted by Crippen LogP contribution is -2.34. The summed E-state index contributed by atoms with van der Waals surface area (Å²) >= 11 is 0. The molecule has 2 heterocycles. The monoisotopic (exact) mass is 385 g/mol. The molecular weight excluding hydrogens is 358 g/mol. The van der Waals surface area contributed by atoms with Crippen LogP contribution in [0.2, 0.25) is 0 Å². The molecule has 0 bridgehead atoms. The molecule has 0 saturated carbocycles. The number of rotatable bonds is 6. The second-order valence-electron chi connectivity index (χ2n) is 6.98. The number of aromatic amines is 1. The van der Waals surface area contributed by atoms with Crippen LogP contribution in [-0.4, -0.2) is 41.5 Å². The number of nitrogens with one attached hydrogen (secondary N) is 1. The molecule has 28 heavy (non-hydrogen) atoms. The lowest BCUT2D eigenvalue weighted by atomic mass is 10.1. The molecule has 0 unspecified atom stereocenters. The van der Waals surface area contributed by atoms with Crippen LogP contribution >= 0.6 is 0 Å². The Balaban J connectivity index is 1.81. The fourth-order valence-corrected chi connectivity index (χ4v) is 3.82. The molecule has 1 aliphatic heterocycles. The van der Waals surface area contributed by atoms with Crippen LogP contribution in [0.5, 0.6) is 11.5 Å². The van der Waals surface area contributed by atoms with Crippen LogP contribution in [0.3, 0.4) is 0 Å². The third-order valence-corrected chi connectivity index (χ3v) is 5.29. The molecule has 0 aliphatic carbocycles. The molecule has 1 N–H and O–H groups in total. The minimum absolute atomic E-state index is 0.00888. The lowest BCUT2D eigenvalue weighted by molar-refractivity contribution is -0.131. The Morgan fingerprint density at radius 1 is 1.29 bits per heavy atom. The van der Waals surface area contributed by atoms with Gasteiger partial charge in [0.05, 0.1) is 26.7 Å². The number of H-pyrrole nitrogens is 1. The summed E-state index contributed by atoms with van der Waals surface area (Å²) in [5, 5.41) is 0. The summed E-state index contributed by atoms with van der Waals surface area (Å²) in [6, 6.07) is 5.30. The molecule has 0 spiro atoms. The first-order valence-corrected chi connectivity index (χ1v) is 9.58. The second-order valence-corrected chi connectivity index (χ2v) is 6.98. The smallest absolute Gasteiger partial charge is 0.254 e. The van der Waals surface area contributed by atoms with Crippen molar-refractivity contribution in [1.82, 2.24) is 14.9 Å². The zero-order valence-corrected chi connectivity index (χ0v) is 16.9. The van der Waals surface area contributed by atoms with Crippen LogP contribution in [0, 0.1) is 6.92 Å². The molecular formula is C21H27N3O4. The van der Waals surface area contributed by atoms with E-state index in [2.05, 4.69) is 9.97 Å². The number of ether oxygens (including phenoxy) is 2. The van der Waals surface area contributed by atoms with Gasteiger partial charge in [-0.2, -0.15) is 0 Å². The van der Waals surface area contributed by atoms with Gasteiger partial charge in [-0.15, -0.1) is 0 Å². The molecule has 1 saturated heterocycles. The highest BCUT2D eigenvalue weighted by atomic mass is 16.5. The second kappa shape index (κ2) is 8.46. The van der Waals surface area contributed by atoms with E-state index in [1.165, 1.54) is 0 Å². The van der Waals surface area contributed by atoms with Gasteiger partial charge < -0.3 is 19.4 Å². The molecule has 1 fully saturated rings. The predicted octanol–water partition coefficient (Wildman–Crippen LogP) is 2.56. The molecule has 0 radical (unpaired) electrons. The SMILES string of the molecule is CCc1c(C)nc([C@H]2CCCN2C(=O)Cc2ccc(OC)c(OC)c2)[nH]c1=O. The molecule has 150 valence electrons. The molecule has 7 nitrogen and oxygen atoms in total. The molecule has 3 rings (SSSR count). The maximum atomic E-state index is 13.0. The first-order valence-electron chi connectivity index (χ1n) is 9.58. The van der Waals surface area contributed by atoms with Crippen molar-refractivity contribution in [2.24, 2.45) is 0 Å². The Hall–Kier alpha value is -2.83. The van der Waals surface area contributed by atoms with Gasteiger partial charge in [0.15, 0.2) is 11.5 Å². The van der Waals surface area contributed by atoms with Crippen molar-refractivity contribution in [2.45, 2.75) is 45.6 Å². The number of aromatic nitrogens is 2. The Labute approximate surface area is 164 Å². The van der Waals surface area contributed by atoms with Crippen LogP contribution in [0.15, 0.2) is 23.0 Å². The minimum atomic E-state index is -0.190. The number of methoxy groups -OCH3 is 2. The molecule has 1 aromatic heterocycles. The van der Waals surface area contributed by atoms with Gasteiger partial charge >= 0.3 is 0 Å². The van der Waals surface area contributed by atoms with E-state index in [-0.39, 0.29) is 23.9 Å². The third kappa shape index (κ3) is 3.88. The van der Waals surface area contributed by atoms with Gasteiger partial charge in [0.2, 0.25) is 5.91 Å². The predicted molar refractivity (Wildman–Crippen MR) is 106 cm³/mol. The summed E-state index contributed by atoms with van der Waals surface area (Å²) in [5.41, 5.74) is 2.18. The highest BCUT2D eigenvalue weighted by Gasteiger charge is 2.32. The lowest BCUT2D eigenvalue weighted by Gasteiger charge is -2.24. The Kier molecular flexibility index (Phi) is 6.02. The van der Waals surface area contributed by atoms with Crippen LogP contribution < -0.4 is 15.0 Å². The molecule has 1 amide bonds. The summed E-state index contributed by atoms with van der Waals surface area (Å²) in [6.45, 7) is 4.45. The zero-order chi connectivity index (χ0) is 20.3. The summed E-state index contributed by atoms with van der Waals surface area (Å²) < 4.78 is 10.6. The average molecular weight is 385 g/mol. The van der Waals surface area contributed by atoms with Gasteiger partial charge in [-0.25, -0.2) is 4.98 Å². The first kappa shape index (κ1) is 19.9. The minimum Gasteiger partial charge on any atom is -0.493 e. The van der Waals surface area contributed by atoms with Crippen molar-refractivity contribution in [3.63, 3.8) is 0 Å². The maximum Gasteiger partial charge on any atom is 0.254 e. The number of carbonyl (C=O) groups excluding carboxylic acids is 1. The number of benzene rings is 1. The number of likely N-dealkylation sites (tertiary alicyclic amines) is 1. The van der Waals surface area contributed by atoms with Crippen molar-refractivity contribution < 1.29 is 14.3 Å². The number of hydrogen-bond acceptors (Lipinski definition) is 5. The quantitative estimate of drug-likeness (QED) is 0.826. The van der Waals surface area contributed by atoms with Gasteiger partial charge in [0.1, 0.15) is 5.82 Å². The van der Waals surface area contributed by atoms with Gasteiger partial charge in [-0.05, 0) is 43.9 Å². The molecule has 2 aromatic rings. The van der Waals surface area contributed by atoms with Gasteiger partial charge in [-0.3, -0.25) is 9.59 Å². The van der Waals surface area contributed by atoms with Gasteiger partial charge in [0, 0.05) is 17.8 Å². The maximum absolute atomic E-state index is 13.0. The van der Waals surface area contributed by atoms with E-state index < -0.39 is 0 Å². The van der Waals surface area contributed by atoms with E-state index in [9.17, 15) is 9.59 Å².